The van der Waals surface area contributed by atoms with Gasteiger partial charge in [-0.15, -0.1) is 0 Å². The van der Waals surface area contributed by atoms with Crippen LogP contribution in [0.25, 0.3) is 11.0 Å². The molecule has 1 N–H and O–H groups in total. The maximum Gasteiger partial charge on any atom is 0.223 e. The summed E-state index contributed by atoms with van der Waals surface area (Å²) in [6.45, 7) is 7.55. The second kappa shape index (κ2) is 6.55. The Kier molecular flexibility index (Phi) is 4.77. The number of para-hydroxylation sites is 2. The quantitative estimate of drug-likeness (QED) is 0.879. The van der Waals surface area contributed by atoms with E-state index in [4.69, 9.17) is 0 Å². The van der Waals surface area contributed by atoms with Crippen LogP contribution in [0.4, 0.5) is 0 Å². The Bertz CT molecular complexity index is 584. The highest BCUT2D eigenvalue weighted by Gasteiger charge is 2.15. The number of hydrogen-bond donors (Lipinski definition) is 1. The van der Waals surface area contributed by atoms with E-state index in [0.29, 0.717) is 6.54 Å². The molecule has 2 rings (SSSR count). The van der Waals surface area contributed by atoms with Gasteiger partial charge in [-0.25, -0.2) is 4.98 Å². The van der Waals surface area contributed by atoms with E-state index in [0.717, 1.165) is 36.2 Å². The van der Waals surface area contributed by atoms with Gasteiger partial charge in [-0.3, -0.25) is 4.79 Å². The summed E-state index contributed by atoms with van der Waals surface area (Å²) in [4.78, 5) is 16.7. The molecule has 1 aromatic heterocycles. The van der Waals surface area contributed by atoms with Crippen LogP contribution in [-0.4, -0.2) is 15.5 Å². The summed E-state index contributed by atoms with van der Waals surface area (Å²) >= 11 is 0. The third-order valence-electron chi connectivity index (χ3n) is 3.83. The lowest BCUT2D eigenvalue weighted by molar-refractivity contribution is -0.125. The Morgan fingerprint density at radius 3 is 2.60 bits per heavy atom. The summed E-state index contributed by atoms with van der Waals surface area (Å²) in [5.74, 6) is 1.16. The summed E-state index contributed by atoms with van der Waals surface area (Å²) in [5, 5.41) is 3.01. The lowest BCUT2D eigenvalue weighted by Crippen LogP contribution is -2.30. The van der Waals surface area contributed by atoms with Gasteiger partial charge in [0.2, 0.25) is 5.91 Å². The normalized spacial score (nSPS) is 11.2. The minimum atomic E-state index is 0.106. The van der Waals surface area contributed by atoms with Crippen LogP contribution in [-0.2, 0) is 17.9 Å². The molecule has 20 heavy (non-hydrogen) atoms. The fourth-order valence-electron chi connectivity index (χ4n) is 2.58. The molecule has 1 aromatic carbocycles. The van der Waals surface area contributed by atoms with Crippen molar-refractivity contribution in [2.75, 3.05) is 0 Å². The summed E-state index contributed by atoms with van der Waals surface area (Å²) in [5.41, 5.74) is 2.11. The highest BCUT2D eigenvalue weighted by atomic mass is 16.1. The van der Waals surface area contributed by atoms with E-state index in [1.165, 1.54) is 0 Å². The van der Waals surface area contributed by atoms with Crippen molar-refractivity contribution in [3.8, 4) is 0 Å². The van der Waals surface area contributed by atoms with Gasteiger partial charge in [-0.05, 0) is 31.9 Å². The SMILES string of the molecule is CCC(CC)C(=O)NCc1nc2ccccc2n1CC. The number of carbonyl (C=O) groups excluding carboxylic acids is 1. The summed E-state index contributed by atoms with van der Waals surface area (Å²) in [6, 6.07) is 8.08. The van der Waals surface area contributed by atoms with Crippen LogP contribution in [0.5, 0.6) is 0 Å². The topological polar surface area (TPSA) is 46.9 Å². The van der Waals surface area contributed by atoms with Crippen LogP contribution in [0.3, 0.4) is 0 Å². The number of hydrogen-bond acceptors (Lipinski definition) is 2. The number of aryl methyl sites for hydroxylation is 1. The average molecular weight is 273 g/mol. The second-order valence-corrected chi connectivity index (χ2v) is 4.99. The number of nitrogens with one attached hydrogen (secondary N) is 1. The maximum atomic E-state index is 12.0. The average Bonchev–Trinajstić information content (AvgIpc) is 2.83. The van der Waals surface area contributed by atoms with Gasteiger partial charge in [0.1, 0.15) is 5.82 Å². The molecule has 0 bridgehead atoms. The zero-order valence-electron chi connectivity index (χ0n) is 12.5. The predicted molar refractivity (Wildman–Crippen MR) is 81.3 cm³/mol. The zero-order valence-corrected chi connectivity index (χ0v) is 12.5. The van der Waals surface area contributed by atoms with Gasteiger partial charge in [0, 0.05) is 12.5 Å². The molecule has 1 heterocycles. The predicted octanol–water partition coefficient (Wildman–Crippen LogP) is 3.11. The van der Waals surface area contributed by atoms with Crippen molar-refractivity contribution in [3.05, 3.63) is 30.1 Å². The molecule has 0 saturated heterocycles. The fourth-order valence-corrected chi connectivity index (χ4v) is 2.58. The zero-order chi connectivity index (χ0) is 14.5. The monoisotopic (exact) mass is 273 g/mol. The molecule has 2 aromatic rings. The largest absolute Gasteiger partial charge is 0.349 e. The van der Waals surface area contributed by atoms with Crippen LogP contribution >= 0.6 is 0 Å². The van der Waals surface area contributed by atoms with Crippen LogP contribution in [0.15, 0.2) is 24.3 Å². The highest BCUT2D eigenvalue weighted by Crippen LogP contribution is 2.16. The Morgan fingerprint density at radius 2 is 1.95 bits per heavy atom. The number of benzene rings is 1. The van der Waals surface area contributed by atoms with Crippen molar-refractivity contribution in [2.45, 2.75) is 46.7 Å². The van der Waals surface area contributed by atoms with Crippen LogP contribution in [0, 0.1) is 5.92 Å². The van der Waals surface area contributed by atoms with Crippen LogP contribution in [0.2, 0.25) is 0 Å². The highest BCUT2D eigenvalue weighted by molar-refractivity contribution is 5.79. The number of amides is 1. The van der Waals surface area contributed by atoms with Crippen molar-refractivity contribution >= 4 is 16.9 Å². The molecule has 0 fully saturated rings. The van der Waals surface area contributed by atoms with Gasteiger partial charge in [0.05, 0.1) is 17.6 Å². The molecule has 0 saturated carbocycles. The standard InChI is InChI=1S/C16H23N3O/c1-4-12(5-2)16(20)17-11-15-18-13-9-7-8-10-14(13)19(15)6-3/h7-10,12H,4-6,11H2,1-3H3,(H,17,20). The molecule has 4 nitrogen and oxygen atoms in total. The van der Waals surface area contributed by atoms with E-state index < -0.39 is 0 Å². The Morgan fingerprint density at radius 1 is 1.25 bits per heavy atom. The maximum absolute atomic E-state index is 12.0. The van der Waals surface area contributed by atoms with E-state index in [-0.39, 0.29) is 11.8 Å². The number of fused-ring (bicyclic) bond motifs is 1. The first-order chi connectivity index (χ1) is 9.71. The molecule has 0 unspecified atom stereocenters. The van der Waals surface area contributed by atoms with Crippen molar-refractivity contribution in [1.29, 1.82) is 0 Å². The van der Waals surface area contributed by atoms with E-state index >= 15 is 0 Å². The van der Waals surface area contributed by atoms with E-state index in [2.05, 4.69) is 41.7 Å². The van der Waals surface area contributed by atoms with Gasteiger partial charge < -0.3 is 9.88 Å². The number of imidazole rings is 1. The molecule has 1 amide bonds. The minimum absolute atomic E-state index is 0.106. The molecule has 4 heteroatoms. The Hall–Kier alpha value is -1.84. The van der Waals surface area contributed by atoms with E-state index in [1.807, 2.05) is 18.2 Å². The van der Waals surface area contributed by atoms with Crippen molar-refractivity contribution in [2.24, 2.45) is 5.92 Å². The molecule has 108 valence electrons. The van der Waals surface area contributed by atoms with Crippen molar-refractivity contribution in [3.63, 3.8) is 0 Å². The Labute approximate surface area is 120 Å². The first kappa shape index (κ1) is 14.6. The Balaban J connectivity index is 2.15. The van der Waals surface area contributed by atoms with E-state index in [9.17, 15) is 4.79 Å². The molecule has 0 spiro atoms. The molecular weight excluding hydrogens is 250 g/mol. The minimum Gasteiger partial charge on any atom is -0.349 e. The van der Waals surface area contributed by atoms with Crippen LogP contribution in [0.1, 0.15) is 39.4 Å². The van der Waals surface area contributed by atoms with Gasteiger partial charge in [-0.1, -0.05) is 26.0 Å². The summed E-state index contributed by atoms with van der Waals surface area (Å²) in [6.07, 6.45) is 1.76. The molecule has 0 aliphatic heterocycles. The summed E-state index contributed by atoms with van der Waals surface area (Å²) < 4.78 is 2.16. The fraction of sp³-hybridized carbons (Fsp3) is 0.500. The first-order valence-electron chi connectivity index (χ1n) is 7.43. The smallest absolute Gasteiger partial charge is 0.223 e. The molecule has 0 radical (unpaired) electrons. The first-order valence-corrected chi connectivity index (χ1v) is 7.43. The van der Waals surface area contributed by atoms with Gasteiger partial charge in [0.15, 0.2) is 0 Å². The number of rotatable bonds is 6. The second-order valence-electron chi connectivity index (χ2n) is 4.99. The molecule has 0 aliphatic rings. The third-order valence-corrected chi connectivity index (χ3v) is 3.83. The van der Waals surface area contributed by atoms with Gasteiger partial charge in [-0.2, -0.15) is 0 Å². The molecule has 0 aliphatic carbocycles. The number of aromatic nitrogens is 2. The molecule has 0 atom stereocenters. The summed E-state index contributed by atoms with van der Waals surface area (Å²) in [7, 11) is 0. The van der Waals surface area contributed by atoms with Gasteiger partial charge >= 0.3 is 0 Å². The van der Waals surface area contributed by atoms with E-state index in [1.54, 1.807) is 0 Å². The van der Waals surface area contributed by atoms with Crippen molar-refractivity contribution < 1.29 is 4.79 Å². The lowest BCUT2D eigenvalue weighted by atomic mass is 10.0. The third kappa shape index (κ3) is 2.84. The van der Waals surface area contributed by atoms with Crippen LogP contribution < -0.4 is 5.32 Å². The van der Waals surface area contributed by atoms with Gasteiger partial charge in [0.25, 0.3) is 0 Å². The molecular formula is C16H23N3O. The number of carbonyl (C=O) groups is 1. The lowest BCUT2D eigenvalue weighted by Gasteiger charge is -2.13. The van der Waals surface area contributed by atoms with Crippen molar-refractivity contribution in [1.82, 2.24) is 14.9 Å². The number of nitrogens with zero attached hydrogens (tertiary/aromatic N) is 2.